The first-order chi connectivity index (χ1) is 14.3. The van der Waals surface area contributed by atoms with E-state index in [9.17, 15) is 9.59 Å². The average molecular weight is 411 g/mol. The molecule has 0 radical (unpaired) electrons. The number of aryl methyl sites for hydroxylation is 2. The normalized spacial score (nSPS) is 11.8. The van der Waals surface area contributed by atoms with Crippen LogP contribution in [0.5, 0.6) is 5.75 Å². The Morgan fingerprint density at radius 2 is 1.73 bits per heavy atom. The summed E-state index contributed by atoms with van der Waals surface area (Å²) in [4.78, 5) is 27.3. The Morgan fingerprint density at radius 1 is 1.03 bits per heavy atom. The highest BCUT2D eigenvalue weighted by molar-refractivity contribution is 5.88. The van der Waals surface area contributed by atoms with Crippen molar-refractivity contribution >= 4 is 11.8 Å². The number of benzene rings is 2. The Labute approximate surface area is 180 Å². The van der Waals surface area contributed by atoms with Crippen LogP contribution in [0.25, 0.3) is 0 Å². The molecule has 0 aromatic heterocycles. The highest BCUT2D eigenvalue weighted by Gasteiger charge is 2.26. The molecule has 2 aromatic rings. The standard InChI is InChI=1S/C25H34N2O3/c1-18(2)16-26-25(29)21(5)27(14-13-22-9-7-6-8-10-22)24(28)17-30-23-12-11-19(3)15-20(23)4/h6-12,15,18,21H,13-14,16-17H2,1-5H3,(H,26,29). The van der Waals surface area contributed by atoms with Gasteiger partial charge in [0.25, 0.3) is 5.91 Å². The van der Waals surface area contributed by atoms with E-state index in [0.717, 1.165) is 16.7 Å². The lowest BCUT2D eigenvalue weighted by atomic mass is 10.1. The van der Waals surface area contributed by atoms with Crippen molar-refractivity contribution in [2.45, 2.75) is 47.1 Å². The zero-order valence-electron chi connectivity index (χ0n) is 18.8. The van der Waals surface area contributed by atoms with Crippen LogP contribution in [0.15, 0.2) is 48.5 Å². The largest absolute Gasteiger partial charge is 0.483 e. The molecular formula is C25H34N2O3. The zero-order valence-corrected chi connectivity index (χ0v) is 18.8. The molecular weight excluding hydrogens is 376 g/mol. The number of nitrogens with one attached hydrogen (secondary N) is 1. The number of hydrogen-bond acceptors (Lipinski definition) is 3. The predicted octanol–water partition coefficient (Wildman–Crippen LogP) is 3.91. The van der Waals surface area contributed by atoms with Crippen molar-refractivity contribution in [3.8, 4) is 5.75 Å². The second-order valence-electron chi connectivity index (χ2n) is 8.20. The van der Waals surface area contributed by atoms with E-state index in [1.165, 1.54) is 0 Å². The molecule has 0 heterocycles. The molecule has 0 saturated carbocycles. The minimum atomic E-state index is -0.567. The topological polar surface area (TPSA) is 58.6 Å². The summed E-state index contributed by atoms with van der Waals surface area (Å²) in [5, 5.41) is 2.93. The summed E-state index contributed by atoms with van der Waals surface area (Å²) in [6.45, 7) is 10.8. The molecule has 0 saturated heterocycles. The van der Waals surface area contributed by atoms with E-state index in [1.54, 1.807) is 11.8 Å². The molecule has 1 N–H and O–H groups in total. The molecule has 5 nitrogen and oxygen atoms in total. The Bertz CT molecular complexity index is 834. The lowest BCUT2D eigenvalue weighted by Crippen LogP contribution is -2.50. The number of carbonyl (C=O) groups excluding carboxylic acids is 2. The van der Waals surface area contributed by atoms with E-state index in [4.69, 9.17) is 4.74 Å². The van der Waals surface area contributed by atoms with Gasteiger partial charge in [-0.15, -0.1) is 0 Å². The van der Waals surface area contributed by atoms with Gasteiger partial charge < -0.3 is 15.0 Å². The number of carbonyl (C=O) groups is 2. The van der Waals surface area contributed by atoms with E-state index in [1.807, 2.05) is 76.2 Å². The van der Waals surface area contributed by atoms with Crippen LogP contribution in [0.3, 0.4) is 0 Å². The van der Waals surface area contributed by atoms with Crippen molar-refractivity contribution in [1.82, 2.24) is 10.2 Å². The second kappa shape index (κ2) is 11.4. The van der Waals surface area contributed by atoms with Crippen LogP contribution in [-0.4, -0.2) is 42.5 Å². The molecule has 0 aliphatic heterocycles. The maximum absolute atomic E-state index is 13.0. The van der Waals surface area contributed by atoms with Gasteiger partial charge in [0, 0.05) is 13.1 Å². The molecule has 0 spiro atoms. The molecule has 2 amide bonds. The van der Waals surface area contributed by atoms with E-state index in [-0.39, 0.29) is 18.4 Å². The third-order valence-corrected chi connectivity index (χ3v) is 5.02. The van der Waals surface area contributed by atoms with Gasteiger partial charge in [0.1, 0.15) is 11.8 Å². The maximum Gasteiger partial charge on any atom is 0.261 e. The molecule has 0 aliphatic rings. The van der Waals surface area contributed by atoms with E-state index >= 15 is 0 Å². The Morgan fingerprint density at radius 3 is 2.37 bits per heavy atom. The van der Waals surface area contributed by atoms with Crippen LogP contribution in [0.2, 0.25) is 0 Å². The van der Waals surface area contributed by atoms with Crippen LogP contribution in [0.4, 0.5) is 0 Å². The first-order valence-corrected chi connectivity index (χ1v) is 10.6. The van der Waals surface area contributed by atoms with Crippen LogP contribution >= 0.6 is 0 Å². The molecule has 162 valence electrons. The lowest BCUT2D eigenvalue weighted by molar-refractivity contribution is -0.141. The highest BCUT2D eigenvalue weighted by atomic mass is 16.5. The number of ether oxygens (including phenoxy) is 1. The van der Waals surface area contributed by atoms with Gasteiger partial charge in [-0.05, 0) is 50.3 Å². The lowest BCUT2D eigenvalue weighted by Gasteiger charge is -2.29. The SMILES string of the molecule is Cc1ccc(OCC(=O)N(CCc2ccccc2)C(C)C(=O)NCC(C)C)c(C)c1. The number of rotatable bonds is 10. The summed E-state index contributed by atoms with van der Waals surface area (Å²) in [6, 6.07) is 15.3. The van der Waals surface area contributed by atoms with Crippen LogP contribution in [-0.2, 0) is 16.0 Å². The monoisotopic (exact) mass is 410 g/mol. The molecule has 2 rings (SSSR count). The summed E-state index contributed by atoms with van der Waals surface area (Å²) < 4.78 is 5.79. The summed E-state index contributed by atoms with van der Waals surface area (Å²) in [5.74, 6) is 0.700. The van der Waals surface area contributed by atoms with Crippen LogP contribution in [0.1, 0.15) is 37.5 Å². The van der Waals surface area contributed by atoms with Crippen LogP contribution < -0.4 is 10.1 Å². The minimum Gasteiger partial charge on any atom is -0.483 e. The predicted molar refractivity (Wildman–Crippen MR) is 121 cm³/mol. The molecule has 1 atom stereocenters. The van der Waals surface area contributed by atoms with Crippen molar-refractivity contribution < 1.29 is 14.3 Å². The number of nitrogens with zero attached hydrogens (tertiary/aromatic N) is 1. The van der Waals surface area contributed by atoms with Crippen molar-refractivity contribution in [2.75, 3.05) is 19.7 Å². The van der Waals surface area contributed by atoms with Gasteiger partial charge in [-0.25, -0.2) is 0 Å². The first-order valence-electron chi connectivity index (χ1n) is 10.6. The Kier molecular flexibility index (Phi) is 8.90. The quantitative estimate of drug-likeness (QED) is 0.646. The van der Waals surface area contributed by atoms with Gasteiger partial charge in [0.05, 0.1) is 0 Å². The fourth-order valence-electron chi connectivity index (χ4n) is 3.21. The van der Waals surface area contributed by atoms with Gasteiger partial charge in [0.15, 0.2) is 6.61 Å². The summed E-state index contributed by atoms with van der Waals surface area (Å²) in [5.41, 5.74) is 3.26. The Hall–Kier alpha value is -2.82. The third kappa shape index (κ3) is 7.21. The zero-order chi connectivity index (χ0) is 22.1. The van der Waals surface area contributed by atoms with E-state index < -0.39 is 6.04 Å². The summed E-state index contributed by atoms with van der Waals surface area (Å²) in [7, 11) is 0. The molecule has 5 heteroatoms. The van der Waals surface area contributed by atoms with Crippen molar-refractivity contribution in [3.63, 3.8) is 0 Å². The van der Waals surface area contributed by atoms with E-state index in [0.29, 0.717) is 31.2 Å². The van der Waals surface area contributed by atoms with Crippen molar-refractivity contribution in [2.24, 2.45) is 5.92 Å². The fraction of sp³-hybridized carbons (Fsp3) is 0.440. The molecule has 30 heavy (non-hydrogen) atoms. The smallest absolute Gasteiger partial charge is 0.261 e. The number of hydrogen-bond donors (Lipinski definition) is 1. The molecule has 2 aromatic carbocycles. The average Bonchev–Trinajstić information content (AvgIpc) is 2.72. The molecule has 0 fully saturated rings. The van der Waals surface area contributed by atoms with Gasteiger partial charge in [0.2, 0.25) is 5.91 Å². The maximum atomic E-state index is 13.0. The number of amides is 2. The van der Waals surface area contributed by atoms with Gasteiger partial charge in [-0.2, -0.15) is 0 Å². The second-order valence-corrected chi connectivity index (χ2v) is 8.20. The first kappa shape index (κ1) is 23.5. The summed E-state index contributed by atoms with van der Waals surface area (Å²) in [6.07, 6.45) is 0.679. The van der Waals surface area contributed by atoms with Gasteiger partial charge in [-0.3, -0.25) is 9.59 Å². The Balaban J connectivity index is 2.07. The van der Waals surface area contributed by atoms with Gasteiger partial charge in [-0.1, -0.05) is 61.9 Å². The fourth-order valence-corrected chi connectivity index (χ4v) is 3.21. The third-order valence-electron chi connectivity index (χ3n) is 5.02. The molecule has 1 unspecified atom stereocenters. The van der Waals surface area contributed by atoms with Crippen LogP contribution in [0, 0.1) is 19.8 Å². The van der Waals surface area contributed by atoms with Crippen molar-refractivity contribution in [1.29, 1.82) is 0 Å². The summed E-state index contributed by atoms with van der Waals surface area (Å²) >= 11 is 0. The van der Waals surface area contributed by atoms with Crippen molar-refractivity contribution in [3.05, 3.63) is 65.2 Å². The minimum absolute atomic E-state index is 0.0967. The molecule has 0 bridgehead atoms. The van der Waals surface area contributed by atoms with E-state index in [2.05, 4.69) is 5.32 Å². The molecule has 0 aliphatic carbocycles. The van der Waals surface area contributed by atoms with Gasteiger partial charge >= 0.3 is 0 Å². The highest BCUT2D eigenvalue weighted by Crippen LogP contribution is 2.19.